The summed E-state index contributed by atoms with van der Waals surface area (Å²) in [5.41, 5.74) is 3.23. The van der Waals surface area contributed by atoms with E-state index in [1.807, 2.05) is 67.3 Å². The van der Waals surface area contributed by atoms with E-state index in [1.54, 1.807) is 7.11 Å². The van der Waals surface area contributed by atoms with Crippen LogP contribution in [0.25, 0.3) is 11.1 Å². The van der Waals surface area contributed by atoms with Crippen LogP contribution in [0.2, 0.25) is 0 Å². The third-order valence-corrected chi connectivity index (χ3v) is 3.83. The summed E-state index contributed by atoms with van der Waals surface area (Å²) in [4.78, 5) is 12.9. The van der Waals surface area contributed by atoms with Gasteiger partial charge in [0.2, 0.25) is 0 Å². The van der Waals surface area contributed by atoms with Crippen LogP contribution in [0.1, 0.15) is 19.4 Å². The van der Waals surface area contributed by atoms with Gasteiger partial charge in [-0.25, -0.2) is 0 Å². The molecule has 0 saturated carbocycles. The van der Waals surface area contributed by atoms with Crippen LogP contribution < -0.4 is 4.74 Å². The fraction of sp³-hybridized carbons (Fsp3) is 0.316. The summed E-state index contributed by atoms with van der Waals surface area (Å²) in [6, 6.07) is 16.3. The minimum Gasteiger partial charge on any atom is -0.496 e. The highest BCUT2D eigenvalue weighted by atomic mass is 35.5. The fourth-order valence-electron chi connectivity index (χ4n) is 2.50. The second-order valence-electron chi connectivity index (χ2n) is 5.79. The van der Waals surface area contributed by atoms with Crippen LogP contribution in [-0.2, 0) is 11.3 Å². The van der Waals surface area contributed by atoms with Gasteiger partial charge in [0.15, 0.2) is 0 Å². The van der Waals surface area contributed by atoms with Gasteiger partial charge in [-0.15, -0.1) is 12.4 Å². The van der Waals surface area contributed by atoms with E-state index < -0.39 is 5.97 Å². The SMILES string of the molecule is COc1ccccc1-c1ccc(CN(CC(=O)O)C(C)C)cc1.Cl. The monoisotopic (exact) mass is 349 g/mol. The van der Waals surface area contributed by atoms with Gasteiger partial charge >= 0.3 is 5.97 Å². The molecule has 4 nitrogen and oxygen atoms in total. The van der Waals surface area contributed by atoms with Crippen molar-refractivity contribution in [1.82, 2.24) is 4.90 Å². The summed E-state index contributed by atoms with van der Waals surface area (Å²) in [5.74, 6) is 0.0410. The Kier molecular flexibility index (Phi) is 7.75. The Hall–Kier alpha value is -2.04. The number of benzene rings is 2. The molecule has 0 saturated heterocycles. The highest BCUT2D eigenvalue weighted by molar-refractivity contribution is 5.85. The summed E-state index contributed by atoms with van der Waals surface area (Å²) in [6.07, 6.45) is 0. The van der Waals surface area contributed by atoms with E-state index in [-0.39, 0.29) is 25.0 Å². The highest BCUT2D eigenvalue weighted by Gasteiger charge is 2.14. The molecule has 0 aliphatic carbocycles. The van der Waals surface area contributed by atoms with Gasteiger partial charge in [0.1, 0.15) is 5.75 Å². The van der Waals surface area contributed by atoms with E-state index >= 15 is 0 Å². The first-order valence-corrected chi connectivity index (χ1v) is 7.69. The molecule has 0 aliphatic heterocycles. The first-order chi connectivity index (χ1) is 11.0. The summed E-state index contributed by atoms with van der Waals surface area (Å²) in [5, 5.41) is 9.01. The van der Waals surface area contributed by atoms with Gasteiger partial charge in [-0.1, -0.05) is 42.5 Å². The predicted octanol–water partition coefficient (Wildman–Crippen LogP) is 4.08. The van der Waals surface area contributed by atoms with Crippen LogP contribution in [-0.4, -0.2) is 35.7 Å². The molecule has 0 amide bonds. The molecule has 0 atom stereocenters. The number of halogens is 1. The zero-order chi connectivity index (χ0) is 16.8. The molecule has 0 spiro atoms. The molecule has 130 valence electrons. The lowest BCUT2D eigenvalue weighted by atomic mass is 10.0. The van der Waals surface area contributed by atoms with E-state index in [1.165, 1.54) is 0 Å². The molecule has 0 aliphatic rings. The highest BCUT2D eigenvalue weighted by Crippen LogP contribution is 2.29. The predicted molar refractivity (Wildman–Crippen MR) is 98.9 cm³/mol. The number of methoxy groups -OCH3 is 1. The Morgan fingerprint density at radius 2 is 1.75 bits per heavy atom. The molecule has 2 aromatic rings. The number of rotatable bonds is 7. The smallest absolute Gasteiger partial charge is 0.317 e. The molecule has 2 rings (SSSR count). The van der Waals surface area contributed by atoms with Crippen molar-refractivity contribution in [3.05, 3.63) is 54.1 Å². The van der Waals surface area contributed by atoms with Crippen molar-refractivity contribution in [2.75, 3.05) is 13.7 Å². The summed E-state index contributed by atoms with van der Waals surface area (Å²) < 4.78 is 5.40. The lowest BCUT2D eigenvalue weighted by Crippen LogP contribution is -2.35. The Morgan fingerprint density at radius 1 is 1.12 bits per heavy atom. The van der Waals surface area contributed by atoms with E-state index in [2.05, 4.69) is 0 Å². The topological polar surface area (TPSA) is 49.8 Å². The van der Waals surface area contributed by atoms with Crippen LogP contribution in [0.3, 0.4) is 0 Å². The van der Waals surface area contributed by atoms with Crippen LogP contribution >= 0.6 is 12.4 Å². The number of ether oxygens (including phenoxy) is 1. The van der Waals surface area contributed by atoms with Gasteiger partial charge in [0.05, 0.1) is 13.7 Å². The molecular weight excluding hydrogens is 326 g/mol. The van der Waals surface area contributed by atoms with Crippen molar-refractivity contribution < 1.29 is 14.6 Å². The average molecular weight is 350 g/mol. The van der Waals surface area contributed by atoms with Crippen molar-refractivity contribution in [1.29, 1.82) is 0 Å². The molecular formula is C19H24ClNO3. The number of hydrogen-bond donors (Lipinski definition) is 1. The van der Waals surface area contributed by atoms with Gasteiger partial charge in [-0.2, -0.15) is 0 Å². The summed E-state index contributed by atoms with van der Waals surface area (Å²) in [7, 11) is 1.67. The minimum absolute atomic E-state index is 0. The van der Waals surface area contributed by atoms with Crippen LogP contribution in [0.4, 0.5) is 0 Å². The number of carboxylic acid groups (broad SMARTS) is 1. The average Bonchev–Trinajstić information content (AvgIpc) is 2.54. The van der Waals surface area contributed by atoms with Gasteiger partial charge in [0, 0.05) is 18.2 Å². The Bertz CT molecular complexity index is 656. The largest absolute Gasteiger partial charge is 0.496 e. The zero-order valence-corrected chi connectivity index (χ0v) is 15.0. The first kappa shape index (κ1) is 20.0. The number of para-hydroxylation sites is 1. The van der Waals surface area contributed by atoms with Crippen molar-refractivity contribution in [3.63, 3.8) is 0 Å². The summed E-state index contributed by atoms with van der Waals surface area (Å²) >= 11 is 0. The quantitative estimate of drug-likeness (QED) is 0.818. The molecule has 24 heavy (non-hydrogen) atoms. The standard InChI is InChI=1S/C19H23NO3.ClH/c1-14(2)20(13-19(21)22)12-15-8-10-16(11-9-15)17-6-4-5-7-18(17)23-3;/h4-11,14H,12-13H2,1-3H3,(H,21,22);1H. The van der Waals surface area contributed by atoms with Crippen molar-refractivity contribution in [3.8, 4) is 16.9 Å². The van der Waals surface area contributed by atoms with Crippen molar-refractivity contribution in [2.45, 2.75) is 26.4 Å². The molecule has 0 bridgehead atoms. The Labute approximate surface area is 149 Å². The molecule has 1 N–H and O–H groups in total. The number of hydrogen-bond acceptors (Lipinski definition) is 3. The van der Waals surface area contributed by atoms with Gasteiger partial charge in [-0.05, 0) is 31.0 Å². The molecule has 2 aromatic carbocycles. The lowest BCUT2D eigenvalue weighted by Gasteiger charge is -2.24. The second kappa shape index (κ2) is 9.30. The van der Waals surface area contributed by atoms with E-state index in [9.17, 15) is 4.79 Å². The maximum atomic E-state index is 11.0. The van der Waals surface area contributed by atoms with E-state index in [0.717, 1.165) is 22.4 Å². The molecule has 0 fully saturated rings. The second-order valence-corrected chi connectivity index (χ2v) is 5.79. The molecule has 0 heterocycles. The van der Waals surface area contributed by atoms with Gasteiger partial charge in [0.25, 0.3) is 0 Å². The number of carbonyl (C=O) groups is 1. The van der Waals surface area contributed by atoms with Crippen molar-refractivity contribution in [2.24, 2.45) is 0 Å². The first-order valence-electron chi connectivity index (χ1n) is 7.69. The maximum absolute atomic E-state index is 11.0. The van der Waals surface area contributed by atoms with Crippen LogP contribution in [0, 0.1) is 0 Å². The third-order valence-electron chi connectivity index (χ3n) is 3.83. The van der Waals surface area contributed by atoms with Crippen LogP contribution in [0.5, 0.6) is 5.75 Å². The van der Waals surface area contributed by atoms with E-state index in [0.29, 0.717) is 6.54 Å². The summed E-state index contributed by atoms with van der Waals surface area (Å²) in [6.45, 7) is 4.68. The molecule has 5 heteroatoms. The van der Waals surface area contributed by atoms with E-state index in [4.69, 9.17) is 9.84 Å². The zero-order valence-electron chi connectivity index (χ0n) is 14.2. The van der Waals surface area contributed by atoms with Crippen molar-refractivity contribution >= 4 is 18.4 Å². The van der Waals surface area contributed by atoms with Gasteiger partial charge in [-0.3, -0.25) is 9.69 Å². The molecule has 0 radical (unpaired) electrons. The number of aliphatic carboxylic acids is 1. The maximum Gasteiger partial charge on any atom is 0.317 e. The third kappa shape index (κ3) is 5.25. The lowest BCUT2D eigenvalue weighted by molar-refractivity contribution is -0.138. The molecule has 0 unspecified atom stereocenters. The molecule has 0 aromatic heterocycles. The number of carboxylic acids is 1. The minimum atomic E-state index is -0.802. The Balaban J connectivity index is 0.00000288. The fourth-order valence-corrected chi connectivity index (χ4v) is 2.50. The van der Waals surface area contributed by atoms with Gasteiger partial charge < -0.3 is 9.84 Å². The van der Waals surface area contributed by atoms with Crippen LogP contribution in [0.15, 0.2) is 48.5 Å². The number of nitrogens with zero attached hydrogens (tertiary/aromatic N) is 1. The normalized spacial score (nSPS) is 10.5. The Morgan fingerprint density at radius 3 is 2.29 bits per heavy atom.